The molecule has 172 valence electrons. The molecule has 0 saturated heterocycles. The number of esters is 3. The minimum absolute atomic E-state index is 0.202. The number of fused-ring (bicyclic) bond motifs is 2. The predicted octanol–water partition coefficient (Wildman–Crippen LogP) is 2.90. The van der Waals surface area contributed by atoms with Crippen molar-refractivity contribution in [2.24, 2.45) is 17.3 Å². The Morgan fingerprint density at radius 2 is 1.64 bits per heavy atom. The van der Waals surface area contributed by atoms with Gasteiger partial charge in [0.15, 0.2) is 0 Å². The molecule has 0 aliphatic heterocycles. The average molecular weight is 450 g/mol. The van der Waals surface area contributed by atoms with Gasteiger partial charge in [0, 0.05) is 18.8 Å². The molecule has 2 bridgehead atoms. The van der Waals surface area contributed by atoms with Crippen LogP contribution in [-0.2, 0) is 23.8 Å². The summed E-state index contributed by atoms with van der Waals surface area (Å²) in [4.78, 5) is 37.7. The van der Waals surface area contributed by atoms with Gasteiger partial charge in [-0.2, -0.15) is 0 Å². The van der Waals surface area contributed by atoms with Crippen LogP contribution in [0, 0.1) is 17.3 Å². The molecule has 0 unspecified atom stereocenters. The monoisotopic (exact) mass is 450 g/mol. The number of benzene rings is 2. The Labute approximate surface area is 192 Å². The fourth-order valence-electron chi connectivity index (χ4n) is 5.22. The van der Waals surface area contributed by atoms with E-state index in [0.29, 0.717) is 5.56 Å². The van der Waals surface area contributed by atoms with Gasteiger partial charge in [0.05, 0.1) is 30.1 Å². The highest BCUT2D eigenvalue weighted by molar-refractivity contribution is 5.89. The number of aliphatic hydroxyl groups excluding tert-OH is 1. The number of carbonyl (C=O) groups excluding carboxylic acids is 3. The summed E-state index contributed by atoms with van der Waals surface area (Å²) >= 11 is 0. The van der Waals surface area contributed by atoms with Gasteiger partial charge < -0.3 is 19.3 Å². The maximum atomic E-state index is 12.9. The van der Waals surface area contributed by atoms with Crippen LogP contribution in [0.2, 0.25) is 0 Å². The Hall–Kier alpha value is -3.45. The summed E-state index contributed by atoms with van der Waals surface area (Å²) in [6.07, 6.45) is 1.37. The first kappa shape index (κ1) is 22.7. The number of hydrogen-bond donors (Lipinski definition) is 1. The SMILES string of the molecule is COC(=O)[C@H]1[C@@H]2C=C[C@](COC(=O)c3ccccc3)([C@@H]1c1ccccc1)[C@@H](OC(C)=O)[C@@H]2O. The largest absolute Gasteiger partial charge is 0.469 e. The molecule has 3 aliphatic carbocycles. The summed E-state index contributed by atoms with van der Waals surface area (Å²) in [7, 11) is 1.30. The lowest BCUT2D eigenvalue weighted by Gasteiger charge is -2.57. The zero-order valence-electron chi connectivity index (χ0n) is 18.4. The first-order valence-corrected chi connectivity index (χ1v) is 10.8. The smallest absolute Gasteiger partial charge is 0.338 e. The highest BCUT2D eigenvalue weighted by Crippen LogP contribution is 2.59. The van der Waals surface area contributed by atoms with Crippen molar-refractivity contribution in [1.29, 1.82) is 0 Å². The topological polar surface area (TPSA) is 99.1 Å². The highest BCUT2D eigenvalue weighted by atomic mass is 16.6. The molecular weight excluding hydrogens is 424 g/mol. The van der Waals surface area contributed by atoms with E-state index >= 15 is 0 Å². The molecule has 2 aromatic rings. The first-order chi connectivity index (χ1) is 15.9. The molecule has 1 N–H and O–H groups in total. The van der Waals surface area contributed by atoms with Crippen molar-refractivity contribution in [2.45, 2.75) is 25.0 Å². The average Bonchev–Trinajstić information content (AvgIpc) is 2.84. The van der Waals surface area contributed by atoms with Gasteiger partial charge in [-0.1, -0.05) is 60.7 Å². The van der Waals surface area contributed by atoms with E-state index in [1.807, 2.05) is 36.4 Å². The highest BCUT2D eigenvalue weighted by Gasteiger charge is 2.64. The van der Waals surface area contributed by atoms with Gasteiger partial charge in [0.2, 0.25) is 0 Å². The molecule has 6 atom stereocenters. The van der Waals surface area contributed by atoms with Gasteiger partial charge in [-0.3, -0.25) is 9.59 Å². The van der Waals surface area contributed by atoms with Crippen LogP contribution in [0.3, 0.4) is 0 Å². The second-order valence-electron chi connectivity index (χ2n) is 8.45. The molecule has 2 aromatic carbocycles. The molecule has 0 aromatic heterocycles. The second-order valence-corrected chi connectivity index (χ2v) is 8.45. The van der Waals surface area contributed by atoms with Gasteiger partial charge >= 0.3 is 17.9 Å². The van der Waals surface area contributed by atoms with Crippen LogP contribution in [0.5, 0.6) is 0 Å². The minimum atomic E-state index is -1.18. The number of aliphatic hydroxyl groups is 1. The molecule has 5 rings (SSSR count). The number of rotatable bonds is 6. The van der Waals surface area contributed by atoms with E-state index in [1.165, 1.54) is 14.0 Å². The zero-order chi connectivity index (χ0) is 23.6. The Kier molecular flexibility index (Phi) is 6.33. The summed E-state index contributed by atoms with van der Waals surface area (Å²) in [5.74, 6) is -3.55. The Balaban J connectivity index is 1.81. The maximum Gasteiger partial charge on any atom is 0.338 e. The van der Waals surface area contributed by atoms with Crippen LogP contribution in [0.1, 0.15) is 28.8 Å². The molecule has 1 saturated carbocycles. The molecular formula is C26H26O7. The third kappa shape index (κ3) is 4.04. The summed E-state index contributed by atoms with van der Waals surface area (Å²) in [5, 5.41) is 11.2. The van der Waals surface area contributed by atoms with Crippen molar-refractivity contribution in [3.8, 4) is 0 Å². The van der Waals surface area contributed by atoms with Crippen LogP contribution in [0.4, 0.5) is 0 Å². The van der Waals surface area contributed by atoms with E-state index in [1.54, 1.807) is 36.4 Å². The molecule has 0 heterocycles. The predicted molar refractivity (Wildman–Crippen MR) is 118 cm³/mol. The third-order valence-electron chi connectivity index (χ3n) is 6.60. The normalized spacial score (nSPS) is 29.8. The molecule has 33 heavy (non-hydrogen) atoms. The van der Waals surface area contributed by atoms with Crippen molar-refractivity contribution in [3.05, 3.63) is 83.9 Å². The van der Waals surface area contributed by atoms with E-state index < -0.39 is 53.3 Å². The maximum absolute atomic E-state index is 12.9. The van der Waals surface area contributed by atoms with Gasteiger partial charge in [-0.15, -0.1) is 0 Å². The fourth-order valence-corrected chi connectivity index (χ4v) is 5.22. The van der Waals surface area contributed by atoms with Crippen LogP contribution >= 0.6 is 0 Å². The number of methoxy groups -OCH3 is 1. The molecule has 7 nitrogen and oxygen atoms in total. The number of hydrogen-bond acceptors (Lipinski definition) is 7. The van der Waals surface area contributed by atoms with Gasteiger partial charge in [0.1, 0.15) is 12.7 Å². The van der Waals surface area contributed by atoms with Crippen molar-refractivity contribution >= 4 is 17.9 Å². The van der Waals surface area contributed by atoms with Crippen LogP contribution < -0.4 is 0 Å². The van der Waals surface area contributed by atoms with Gasteiger partial charge in [0.25, 0.3) is 0 Å². The number of ether oxygens (including phenoxy) is 3. The molecule has 1 fully saturated rings. The van der Waals surface area contributed by atoms with Gasteiger partial charge in [-0.05, 0) is 17.7 Å². The van der Waals surface area contributed by atoms with Crippen LogP contribution in [0.25, 0.3) is 0 Å². The minimum Gasteiger partial charge on any atom is -0.469 e. The van der Waals surface area contributed by atoms with Crippen LogP contribution in [0.15, 0.2) is 72.8 Å². The lowest BCUT2D eigenvalue weighted by molar-refractivity contribution is -0.195. The summed E-state index contributed by atoms with van der Waals surface area (Å²) in [6, 6.07) is 17.8. The zero-order valence-corrected chi connectivity index (χ0v) is 18.4. The standard InChI is InChI=1S/C26H26O7/c1-16(27)33-23-22(28)19-13-14-26(23,15-32-24(29)18-11-7-4-8-12-18)21(20(19)25(30)31-2)17-9-5-3-6-10-17/h3-14,19-23,28H,15H2,1-2H3/t19-,20-,21+,22+,23-,26-/m0/s1. The Bertz CT molecular complexity index is 1050. The van der Waals surface area contributed by atoms with E-state index in [-0.39, 0.29) is 6.61 Å². The van der Waals surface area contributed by atoms with Crippen molar-refractivity contribution in [1.82, 2.24) is 0 Å². The lowest BCUT2D eigenvalue weighted by Crippen LogP contribution is -2.64. The van der Waals surface area contributed by atoms with E-state index in [4.69, 9.17) is 14.2 Å². The lowest BCUT2D eigenvalue weighted by atomic mass is 9.50. The fraction of sp³-hybridized carbons (Fsp3) is 0.346. The van der Waals surface area contributed by atoms with Gasteiger partial charge in [-0.25, -0.2) is 4.79 Å². The first-order valence-electron chi connectivity index (χ1n) is 10.8. The van der Waals surface area contributed by atoms with Crippen molar-refractivity contribution in [2.75, 3.05) is 13.7 Å². The Morgan fingerprint density at radius 3 is 2.24 bits per heavy atom. The van der Waals surface area contributed by atoms with Crippen molar-refractivity contribution < 1.29 is 33.7 Å². The molecule has 0 spiro atoms. The van der Waals surface area contributed by atoms with E-state index in [2.05, 4.69) is 0 Å². The second kappa shape index (κ2) is 9.19. The summed E-state index contributed by atoms with van der Waals surface area (Å²) < 4.78 is 16.4. The third-order valence-corrected chi connectivity index (χ3v) is 6.60. The Morgan fingerprint density at radius 1 is 1.00 bits per heavy atom. The quantitative estimate of drug-likeness (QED) is 0.410. The van der Waals surface area contributed by atoms with Crippen molar-refractivity contribution in [3.63, 3.8) is 0 Å². The summed E-state index contributed by atoms with van der Waals surface area (Å²) in [6.45, 7) is 1.06. The molecule has 3 aliphatic rings. The summed E-state index contributed by atoms with van der Waals surface area (Å²) in [5.41, 5.74) is -0.0143. The molecule has 0 radical (unpaired) electrons. The molecule has 7 heteroatoms. The van der Waals surface area contributed by atoms with E-state index in [9.17, 15) is 19.5 Å². The molecule has 0 amide bonds. The van der Waals surface area contributed by atoms with Crippen LogP contribution in [-0.4, -0.2) is 48.9 Å². The van der Waals surface area contributed by atoms with E-state index in [0.717, 1.165) is 5.56 Å². The number of carbonyl (C=O) groups is 3.